The van der Waals surface area contributed by atoms with E-state index in [1.807, 2.05) is 0 Å². The molecular weight excluding hydrogens is 174 g/mol. The van der Waals surface area contributed by atoms with Gasteiger partial charge in [-0.2, -0.15) is 9.36 Å². The van der Waals surface area contributed by atoms with Gasteiger partial charge in [-0.15, -0.1) is 0 Å². The Hall–Kier alpha value is -0.680. The molecule has 1 unspecified atom stereocenters. The van der Waals surface area contributed by atoms with Gasteiger partial charge in [0.1, 0.15) is 6.33 Å². The van der Waals surface area contributed by atoms with Crippen LogP contribution in [0.25, 0.3) is 0 Å². The van der Waals surface area contributed by atoms with E-state index in [0.717, 1.165) is 19.7 Å². The summed E-state index contributed by atoms with van der Waals surface area (Å²) in [6.45, 7) is 2.95. The standard InChI is InChI=1S/C7H11N3OS/c1-2-8-3-6(1)4-11-7-9-5-10-12-7/h5-6,8H,1-4H2. The first kappa shape index (κ1) is 7.94. The third-order valence-electron chi connectivity index (χ3n) is 1.95. The van der Waals surface area contributed by atoms with E-state index in [2.05, 4.69) is 14.7 Å². The molecule has 0 radical (unpaired) electrons. The van der Waals surface area contributed by atoms with Gasteiger partial charge >= 0.3 is 0 Å². The Morgan fingerprint density at radius 3 is 3.42 bits per heavy atom. The molecule has 0 saturated carbocycles. The number of hydrogen-bond donors (Lipinski definition) is 1. The molecule has 1 aromatic heterocycles. The quantitative estimate of drug-likeness (QED) is 0.746. The van der Waals surface area contributed by atoms with Crippen molar-refractivity contribution in [1.82, 2.24) is 14.7 Å². The van der Waals surface area contributed by atoms with Crippen LogP contribution in [0.5, 0.6) is 5.19 Å². The van der Waals surface area contributed by atoms with Crippen molar-refractivity contribution in [3.05, 3.63) is 6.33 Å². The van der Waals surface area contributed by atoms with Crippen LogP contribution in [0.1, 0.15) is 6.42 Å². The Bertz CT molecular complexity index is 221. The highest BCUT2D eigenvalue weighted by molar-refractivity contribution is 7.07. The molecule has 66 valence electrons. The molecule has 1 aliphatic rings. The second kappa shape index (κ2) is 3.82. The minimum Gasteiger partial charge on any atom is -0.469 e. The molecule has 4 nitrogen and oxygen atoms in total. The van der Waals surface area contributed by atoms with Gasteiger partial charge in [-0.25, -0.2) is 0 Å². The highest BCUT2D eigenvalue weighted by Gasteiger charge is 2.15. The van der Waals surface area contributed by atoms with Crippen LogP contribution >= 0.6 is 11.5 Å². The van der Waals surface area contributed by atoms with E-state index in [1.165, 1.54) is 24.3 Å². The van der Waals surface area contributed by atoms with Gasteiger partial charge < -0.3 is 10.1 Å². The highest BCUT2D eigenvalue weighted by atomic mass is 32.1. The predicted molar refractivity (Wildman–Crippen MR) is 46.4 cm³/mol. The molecule has 2 rings (SSSR count). The zero-order chi connectivity index (χ0) is 8.23. The van der Waals surface area contributed by atoms with Crippen molar-refractivity contribution < 1.29 is 4.74 Å². The molecule has 2 heterocycles. The van der Waals surface area contributed by atoms with Crippen LogP contribution < -0.4 is 10.1 Å². The molecule has 1 aromatic rings. The first-order valence-electron chi connectivity index (χ1n) is 4.05. The lowest BCUT2D eigenvalue weighted by atomic mass is 10.1. The maximum Gasteiger partial charge on any atom is 0.292 e. The molecule has 0 bridgehead atoms. The number of aromatic nitrogens is 2. The smallest absolute Gasteiger partial charge is 0.292 e. The second-order valence-corrected chi connectivity index (χ2v) is 3.62. The first-order valence-corrected chi connectivity index (χ1v) is 4.82. The van der Waals surface area contributed by atoms with Gasteiger partial charge in [-0.1, -0.05) is 0 Å². The van der Waals surface area contributed by atoms with Crippen molar-refractivity contribution in [2.75, 3.05) is 19.7 Å². The van der Waals surface area contributed by atoms with Crippen LogP contribution in [0, 0.1) is 5.92 Å². The molecule has 12 heavy (non-hydrogen) atoms. The SMILES string of the molecule is c1nsc(OCC2CCNC2)n1. The van der Waals surface area contributed by atoms with Gasteiger partial charge in [-0.3, -0.25) is 0 Å². The molecular formula is C7H11N3OS. The summed E-state index contributed by atoms with van der Waals surface area (Å²) in [5.41, 5.74) is 0. The Labute approximate surface area is 75.1 Å². The van der Waals surface area contributed by atoms with E-state index < -0.39 is 0 Å². The van der Waals surface area contributed by atoms with E-state index in [1.54, 1.807) is 0 Å². The second-order valence-electron chi connectivity index (χ2n) is 2.88. The van der Waals surface area contributed by atoms with E-state index in [4.69, 9.17) is 4.74 Å². The molecule has 5 heteroatoms. The van der Waals surface area contributed by atoms with Crippen molar-refractivity contribution >= 4 is 11.5 Å². The van der Waals surface area contributed by atoms with Crippen LogP contribution in [-0.4, -0.2) is 29.1 Å². The van der Waals surface area contributed by atoms with Gasteiger partial charge in [0.15, 0.2) is 0 Å². The van der Waals surface area contributed by atoms with E-state index >= 15 is 0 Å². The fraction of sp³-hybridized carbons (Fsp3) is 0.714. The largest absolute Gasteiger partial charge is 0.469 e. The average molecular weight is 185 g/mol. The Morgan fingerprint density at radius 1 is 1.75 bits per heavy atom. The summed E-state index contributed by atoms with van der Waals surface area (Å²) in [7, 11) is 0. The molecule has 0 aliphatic carbocycles. The summed E-state index contributed by atoms with van der Waals surface area (Å²) < 4.78 is 9.29. The third-order valence-corrected chi connectivity index (χ3v) is 2.53. The highest BCUT2D eigenvalue weighted by Crippen LogP contribution is 2.14. The van der Waals surface area contributed by atoms with Gasteiger partial charge in [-0.05, 0) is 13.0 Å². The summed E-state index contributed by atoms with van der Waals surface area (Å²) in [6.07, 6.45) is 2.73. The summed E-state index contributed by atoms with van der Waals surface area (Å²) in [5, 5.41) is 3.97. The fourth-order valence-electron chi connectivity index (χ4n) is 1.27. The van der Waals surface area contributed by atoms with Gasteiger partial charge in [0.2, 0.25) is 0 Å². The van der Waals surface area contributed by atoms with Crippen molar-refractivity contribution in [1.29, 1.82) is 0 Å². The first-order chi connectivity index (χ1) is 5.95. The van der Waals surface area contributed by atoms with Gasteiger partial charge in [0.25, 0.3) is 5.19 Å². The number of ether oxygens (including phenoxy) is 1. The van der Waals surface area contributed by atoms with Crippen molar-refractivity contribution in [2.24, 2.45) is 5.92 Å². The molecule has 1 saturated heterocycles. The molecule has 1 N–H and O–H groups in total. The minimum atomic E-state index is 0.647. The van der Waals surface area contributed by atoms with Crippen molar-refractivity contribution in [2.45, 2.75) is 6.42 Å². The average Bonchev–Trinajstić information content (AvgIpc) is 2.74. The van der Waals surface area contributed by atoms with E-state index in [0.29, 0.717) is 11.1 Å². The van der Waals surface area contributed by atoms with Crippen LogP contribution in [-0.2, 0) is 0 Å². The summed E-state index contributed by atoms with van der Waals surface area (Å²) in [5.74, 6) is 0.647. The lowest BCUT2D eigenvalue weighted by Crippen LogP contribution is -2.15. The fourth-order valence-corrected chi connectivity index (χ4v) is 1.67. The Balaban J connectivity index is 1.74. The molecule has 1 atom stereocenters. The topological polar surface area (TPSA) is 47.0 Å². The Kier molecular flexibility index (Phi) is 2.53. The predicted octanol–water partition coefficient (Wildman–Crippen LogP) is 0.526. The molecule has 0 amide bonds. The zero-order valence-electron chi connectivity index (χ0n) is 6.69. The molecule has 1 fully saturated rings. The van der Waals surface area contributed by atoms with Crippen LogP contribution in [0.3, 0.4) is 0 Å². The maximum absolute atomic E-state index is 5.43. The van der Waals surface area contributed by atoms with Crippen molar-refractivity contribution in [3.8, 4) is 5.19 Å². The van der Waals surface area contributed by atoms with Crippen LogP contribution in [0.4, 0.5) is 0 Å². The molecule has 0 aromatic carbocycles. The van der Waals surface area contributed by atoms with Gasteiger partial charge in [0.05, 0.1) is 6.61 Å². The minimum absolute atomic E-state index is 0.647. The van der Waals surface area contributed by atoms with Gasteiger partial charge in [0, 0.05) is 24.0 Å². The number of hydrogen-bond acceptors (Lipinski definition) is 5. The van der Waals surface area contributed by atoms with Crippen molar-refractivity contribution in [3.63, 3.8) is 0 Å². The number of nitrogens with zero attached hydrogens (tertiary/aromatic N) is 2. The monoisotopic (exact) mass is 185 g/mol. The number of nitrogens with one attached hydrogen (secondary N) is 1. The third kappa shape index (κ3) is 1.92. The summed E-state index contributed by atoms with van der Waals surface area (Å²) in [6, 6.07) is 0. The van der Waals surface area contributed by atoms with Crippen LogP contribution in [0.15, 0.2) is 6.33 Å². The van der Waals surface area contributed by atoms with E-state index in [-0.39, 0.29) is 0 Å². The number of rotatable bonds is 3. The maximum atomic E-state index is 5.43. The molecule has 0 spiro atoms. The normalized spacial score (nSPS) is 22.8. The molecule has 1 aliphatic heterocycles. The summed E-state index contributed by atoms with van der Waals surface area (Å²) in [4.78, 5) is 3.94. The van der Waals surface area contributed by atoms with Crippen LogP contribution in [0.2, 0.25) is 0 Å². The summed E-state index contributed by atoms with van der Waals surface area (Å²) >= 11 is 1.30. The van der Waals surface area contributed by atoms with E-state index in [9.17, 15) is 0 Å². The lowest BCUT2D eigenvalue weighted by Gasteiger charge is -2.06. The lowest BCUT2D eigenvalue weighted by molar-refractivity contribution is 0.259. The zero-order valence-corrected chi connectivity index (χ0v) is 7.51. The Morgan fingerprint density at radius 2 is 2.75 bits per heavy atom.